The fraction of sp³-hybridized carbons (Fsp3) is 0.357. The van der Waals surface area contributed by atoms with Gasteiger partial charge in [-0.3, -0.25) is 4.79 Å². The summed E-state index contributed by atoms with van der Waals surface area (Å²) in [5.74, 6) is -0.366. The highest BCUT2D eigenvalue weighted by molar-refractivity contribution is 5.97. The molecule has 114 valence electrons. The Morgan fingerprint density at radius 1 is 1.38 bits per heavy atom. The van der Waals surface area contributed by atoms with Crippen LogP contribution in [0.15, 0.2) is 29.8 Å². The zero-order valence-corrected chi connectivity index (χ0v) is 11.3. The maximum absolute atomic E-state index is 12.5. The van der Waals surface area contributed by atoms with Crippen LogP contribution < -0.4 is 4.74 Å². The van der Waals surface area contributed by atoms with Gasteiger partial charge in [0, 0.05) is 18.7 Å². The molecule has 1 aliphatic rings. The summed E-state index contributed by atoms with van der Waals surface area (Å²) in [6.07, 6.45) is -3.61. The van der Waals surface area contributed by atoms with E-state index in [1.54, 1.807) is 0 Å². The molecule has 0 bridgehead atoms. The van der Waals surface area contributed by atoms with E-state index in [-0.39, 0.29) is 30.8 Å². The summed E-state index contributed by atoms with van der Waals surface area (Å²) in [5.41, 5.74) is -0.611. The van der Waals surface area contributed by atoms with Crippen LogP contribution in [-0.4, -0.2) is 42.3 Å². The first-order valence-electron chi connectivity index (χ1n) is 6.25. The van der Waals surface area contributed by atoms with E-state index in [1.807, 2.05) is 0 Å². The molecule has 0 saturated heterocycles. The van der Waals surface area contributed by atoms with Gasteiger partial charge in [0.15, 0.2) is 0 Å². The van der Waals surface area contributed by atoms with E-state index < -0.39 is 17.7 Å². The smallest absolute Gasteiger partial charge is 0.412 e. The molecule has 0 saturated carbocycles. The van der Waals surface area contributed by atoms with Gasteiger partial charge in [-0.15, -0.1) is 0 Å². The van der Waals surface area contributed by atoms with Crippen molar-refractivity contribution in [2.45, 2.75) is 12.6 Å². The lowest BCUT2D eigenvalue weighted by Crippen LogP contribution is -2.36. The molecule has 0 fully saturated rings. The summed E-state index contributed by atoms with van der Waals surface area (Å²) < 4.78 is 42.5. The Morgan fingerprint density at radius 3 is 2.62 bits per heavy atom. The van der Waals surface area contributed by atoms with Crippen LogP contribution in [0.25, 0.3) is 0 Å². The van der Waals surface area contributed by atoms with Crippen molar-refractivity contribution >= 4 is 5.91 Å². The average Bonchev–Trinajstić information content (AvgIpc) is 2.46. The van der Waals surface area contributed by atoms with Gasteiger partial charge >= 0.3 is 6.18 Å². The van der Waals surface area contributed by atoms with E-state index in [1.165, 1.54) is 30.2 Å². The number of ether oxygens (including phenoxy) is 1. The van der Waals surface area contributed by atoms with E-state index in [9.17, 15) is 23.1 Å². The molecule has 1 amide bonds. The van der Waals surface area contributed by atoms with Crippen LogP contribution in [0.1, 0.15) is 16.8 Å². The lowest BCUT2D eigenvalue weighted by molar-refractivity contribution is -0.0957. The highest BCUT2D eigenvalue weighted by Crippen LogP contribution is 2.31. The molecule has 0 aromatic heterocycles. The Bertz CT molecular complexity index is 581. The van der Waals surface area contributed by atoms with Gasteiger partial charge in [0.05, 0.1) is 12.7 Å². The van der Waals surface area contributed by atoms with E-state index in [2.05, 4.69) is 0 Å². The highest BCUT2D eigenvalue weighted by Gasteiger charge is 2.35. The largest absolute Gasteiger partial charge is 0.507 e. The van der Waals surface area contributed by atoms with E-state index in [0.717, 1.165) is 6.08 Å². The molecule has 4 nitrogen and oxygen atoms in total. The Labute approximate surface area is 119 Å². The molecule has 1 aromatic rings. The quantitative estimate of drug-likeness (QED) is 0.855. The van der Waals surface area contributed by atoms with Gasteiger partial charge in [-0.2, -0.15) is 13.2 Å². The molecule has 0 unspecified atom stereocenters. The molecule has 0 atom stereocenters. The van der Waals surface area contributed by atoms with E-state index in [0.29, 0.717) is 5.75 Å². The van der Waals surface area contributed by atoms with Crippen molar-refractivity contribution in [3.63, 3.8) is 0 Å². The normalized spacial score (nSPS) is 15.6. The number of aromatic hydroxyl groups is 1. The predicted molar refractivity (Wildman–Crippen MR) is 69.3 cm³/mol. The summed E-state index contributed by atoms with van der Waals surface area (Å²) in [7, 11) is 1.42. The van der Waals surface area contributed by atoms with Crippen molar-refractivity contribution in [2.75, 3.05) is 20.2 Å². The van der Waals surface area contributed by atoms with Gasteiger partial charge in [-0.05, 0) is 24.6 Å². The molecule has 1 N–H and O–H groups in total. The standard InChI is InChI=1S/C14H14F3NO3/c1-21-10-2-3-12(19)11(8-10)13(20)18-6-4-9(5-7-18)14(15,16)17/h2-4,8,19H,5-7H2,1H3. The van der Waals surface area contributed by atoms with E-state index in [4.69, 9.17) is 4.74 Å². The number of amides is 1. The Hall–Kier alpha value is -2.18. The lowest BCUT2D eigenvalue weighted by atomic mass is 10.1. The number of hydrogen-bond acceptors (Lipinski definition) is 3. The summed E-state index contributed by atoms with van der Waals surface area (Å²) >= 11 is 0. The maximum Gasteiger partial charge on any atom is 0.412 e. The monoisotopic (exact) mass is 301 g/mol. The number of benzene rings is 1. The van der Waals surface area contributed by atoms with E-state index >= 15 is 0 Å². The third kappa shape index (κ3) is 3.29. The molecular weight excluding hydrogens is 287 g/mol. The summed E-state index contributed by atoms with van der Waals surface area (Å²) in [6, 6.07) is 4.16. The first kappa shape index (κ1) is 15.2. The number of rotatable bonds is 2. The van der Waals surface area contributed by atoms with Crippen molar-refractivity contribution in [1.82, 2.24) is 4.90 Å². The van der Waals surface area contributed by atoms with Crippen molar-refractivity contribution in [3.8, 4) is 11.5 Å². The maximum atomic E-state index is 12.5. The number of methoxy groups -OCH3 is 1. The molecular formula is C14H14F3NO3. The Kier molecular flexibility index (Phi) is 4.11. The molecule has 7 heteroatoms. The second-order valence-electron chi connectivity index (χ2n) is 4.61. The average molecular weight is 301 g/mol. The van der Waals surface area contributed by atoms with Gasteiger partial charge in [0.25, 0.3) is 5.91 Å². The van der Waals surface area contributed by atoms with Crippen LogP contribution in [0.2, 0.25) is 0 Å². The number of nitrogens with zero attached hydrogens (tertiary/aromatic N) is 1. The van der Waals surface area contributed by atoms with Crippen LogP contribution in [0.3, 0.4) is 0 Å². The van der Waals surface area contributed by atoms with Gasteiger partial charge in [-0.25, -0.2) is 0 Å². The third-order valence-electron chi connectivity index (χ3n) is 3.29. The molecule has 0 aliphatic carbocycles. The predicted octanol–water partition coefficient (Wildman–Crippen LogP) is 2.74. The number of hydrogen-bond donors (Lipinski definition) is 1. The second-order valence-corrected chi connectivity index (χ2v) is 4.61. The first-order chi connectivity index (χ1) is 9.82. The number of halogens is 3. The Balaban J connectivity index is 2.18. The second kappa shape index (κ2) is 5.67. The van der Waals surface area contributed by atoms with Crippen molar-refractivity contribution in [2.24, 2.45) is 0 Å². The molecule has 21 heavy (non-hydrogen) atoms. The van der Waals surface area contributed by atoms with Gasteiger partial charge in [0.2, 0.25) is 0 Å². The minimum Gasteiger partial charge on any atom is -0.507 e. The van der Waals surface area contributed by atoms with Crippen LogP contribution in [0.4, 0.5) is 13.2 Å². The van der Waals surface area contributed by atoms with Gasteiger partial charge < -0.3 is 14.7 Å². The molecule has 0 radical (unpaired) electrons. The topological polar surface area (TPSA) is 49.8 Å². The first-order valence-corrected chi connectivity index (χ1v) is 6.25. The van der Waals surface area contributed by atoms with Crippen molar-refractivity contribution < 1.29 is 27.8 Å². The molecule has 1 aliphatic heterocycles. The number of carbonyl (C=O) groups excluding carboxylic acids is 1. The summed E-state index contributed by atoms with van der Waals surface area (Å²) in [4.78, 5) is 13.5. The fourth-order valence-electron chi connectivity index (χ4n) is 2.09. The third-order valence-corrected chi connectivity index (χ3v) is 3.29. The van der Waals surface area contributed by atoms with Crippen molar-refractivity contribution in [1.29, 1.82) is 0 Å². The van der Waals surface area contributed by atoms with Gasteiger partial charge in [-0.1, -0.05) is 6.08 Å². The zero-order chi connectivity index (χ0) is 15.6. The Morgan fingerprint density at radius 2 is 2.10 bits per heavy atom. The van der Waals surface area contributed by atoms with Crippen LogP contribution in [0, 0.1) is 0 Å². The van der Waals surface area contributed by atoms with Crippen molar-refractivity contribution in [3.05, 3.63) is 35.4 Å². The fourth-order valence-corrected chi connectivity index (χ4v) is 2.09. The van der Waals surface area contributed by atoms with Crippen LogP contribution >= 0.6 is 0 Å². The molecule has 0 spiro atoms. The SMILES string of the molecule is COc1ccc(O)c(C(=O)N2CC=C(C(F)(F)F)CC2)c1. The lowest BCUT2D eigenvalue weighted by Gasteiger charge is -2.27. The highest BCUT2D eigenvalue weighted by atomic mass is 19.4. The number of alkyl halides is 3. The summed E-state index contributed by atoms with van der Waals surface area (Å²) in [6.45, 7) is -0.175. The number of phenols is 1. The molecule has 1 heterocycles. The van der Waals surface area contributed by atoms with Gasteiger partial charge in [0.1, 0.15) is 11.5 Å². The summed E-state index contributed by atoms with van der Waals surface area (Å²) in [5, 5.41) is 9.71. The number of phenolic OH excluding ortho intramolecular Hbond substituents is 1. The minimum atomic E-state index is -4.35. The minimum absolute atomic E-state index is 0.0122. The molecule has 1 aromatic carbocycles. The van der Waals surface area contributed by atoms with Crippen LogP contribution in [0.5, 0.6) is 11.5 Å². The number of carbonyl (C=O) groups is 1. The molecule has 2 rings (SSSR count). The van der Waals surface area contributed by atoms with Crippen LogP contribution in [-0.2, 0) is 0 Å². The zero-order valence-electron chi connectivity index (χ0n) is 11.3.